The number of rotatable bonds is 6. The molecule has 3 unspecified atom stereocenters. The summed E-state index contributed by atoms with van der Waals surface area (Å²) in [5.41, 5.74) is 0. The van der Waals surface area contributed by atoms with Crippen molar-refractivity contribution >= 4 is 12.7 Å². The van der Waals surface area contributed by atoms with E-state index in [2.05, 4.69) is 18.6 Å². The van der Waals surface area contributed by atoms with Crippen molar-refractivity contribution in [2.24, 2.45) is 16.8 Å². The molecule has 2 fully saturated rings. The topological polar surface area (TPSA) is 38.7 Å². The lowest BCUT2D eigenvalue weighted by atomic mass is 9.80. The molecule has 0 aliphatic heterocycles. The van der Waals surface area contributed by atoms with E-state index in [1.807, 2.05) is 0 Å². The number of ether oxygens (including phenoxy) is 1. The Morgan fingerprint density at radius 2 is 1.95 bits per heavy atom. The van der Waals surface area contributed by atoms with Crippen molar-refractivity contribution in [3.63, 3.8) is 0 Å². The van der Waals surface area contributed by atoms with Gasteiger partial charge in [-0.25, -0.2) is 4.39 Å². The zero-order chi connectivity index (χ0) is 15.9. The SMILES string of the molecule is C=NC1CCC(OC(=O)C2CCC(CCCC)CC2)C(F)C1. The zero-order valence-corrected chi connectivity index (χ0v) is 13.8. The number of carbonyl (C=O) groups excluding carboxylic acids is 1. The monoisotopic (exact) mass is 311 g/mol. The van der Waals surface area contributed by atoms with Crippen LogP contribution in [0, 0.1) is 11.8 Å². The van der Waals surface area contributed by atoms with Crippen molar-refractivity contribution in [1.29, 1.82) is 0 Å². The Bertz CT molecular complexity index is 366. The Morgan fingerprint density at radius 3 is 2.55 bits per heavy atom. The number of halogens is 1. The van der Waals surface area contributed by atoms with Crippen LogP contribution < -0.4 is 0 Å². The molecule has 0 spiro atoms. The third-order valence-corrected chi connectivity index (χ3v) is 5.36. The predicted octanol–water partition coefficient (Wildman–Crippen LogP) is 4.49. The number of alkyl halides is 1. The van der Waals surface area contributed by atoms with E-state index in [9.17, 15) is 9.18 Å². The Labute approximate surface area is 133 Å². The summed E-state index contributed by atoms with van der Waals surface area (Å²) < 4.78 is 19.5. The molecule has 2 rings (SSSR count). The minimum atomic E-state index is -1.09. The van der Waals surface area contributed by atoms with Crippen molar-refractivity contribution < 1.29 is 13.9 Å². The minimum Gasteiger partial charge on any atom is -0.459 e. The molecule has 22 heavy (non-hydrogen) atoms. The minimum absolute atomic E-state index is 0.0136. The van der Waals surface area contributed by atoms with Crippen LogP contribution in [-0.2, 0) is 9.53 Å². The molecule has 126 valence electrons. The van der Waals surface area contributed by atoms with Crippen molar-refractivity contribution in [2.45, 2.75) is 89.4 Å². The molecule has 2 saturated carbocycles. The van der Waals surface area contributed by atoms with Gasteiger partial charge in [0.25, 0.3) is 0 Å². The second-order valence-electron chi connectivity index (χ2n) is 7.00. The molecule has 3 nitrogen and oxygen atoms in total. The van der Waals surface area contributed by atoms with Gasteiger partial charge in [0, 0.05) is 6.42 Å². The molecule has 0 N–H and O–H groups in total. The first kappa shape index (κ1) is 17.4. The highest BCUT2D eigenvalue weighted by Crippen LogP contribution is 2.34. The summed E-state index contributed by atoms with van der Waals surface area (Å²) in [6.45, 7) is 5.70. The van der Waals surface area contributed by atoms with Crippen LogP contribution in [0.5, 0.6) is 0 Å². The van der Waals surface area contributed by atoms with E-state index in [0.29, 0.717) is 12.8 Å². The van der Waals surface area contributed by atoms with Crippen LogP contribution in [0.1, 0.15) is 71.1 Å². The lowest BCUT2D eigenvalue weighted by Gasteiger charge is -2.32. The zero-order valence-electron chi connectivity index (χ0n) is 13.8. The van der Waals surface area contributed by atoms with E-state index in [4.69, 9.17) is 4.74 Å². The Hall–Kier alpha value is -0.930. The first-order chi connectivity index (χ1) is 10.6. The number of hydrogen-bond donors (Lipinski definition) is 0. The summed E-state index contributed by atoms with van der Waals surface area (Å²) in [5, 5.41) is 0. The molecule has 0 radical (unpaired) electrons. The fourth-order valence-corrected chi connectivity index (χ4v) is 3.79. The summed E-state index contributed by atoms with van der Waals surface area (Å²) in [4.78, 5) is 16.2. The number of nitrogens with zero attached hydrogens (tertiary/aromatic N) is 1. The molecule has 0 heterocycles. The maximum absolute atomic E-state index is 14.0. The highest BCUT2D eigenvalue weighted by atomic mass is 19.1. The van der Waals surface area contributed by atoms with Gasteiger partial charge in [-0.15, -0.1) is 0 Å². The molecule has 0 aromatic heterocycles. The number of aliphatic imine (C=N–C) groups is 1. The number of hydrogen-bond acceptors (Lipinski definition) is 3. The van der Waals surface area contributed by atoms with Gasteiger partial charge in [0.2, 0.25) is 0 Å². The van der Waals surface area contributed by atoms with Gasteiger partial charge >= 0.3 is 5.97 Å². The molecule has 0 aromatic rings. The van der Waals surface area contributed by atoms with Crippen molar-refractivity contribution in [1.82, 2.24) is 0 Å². The largest absolute Gasteiger partial charge is 0.459 e. The molecule has 3 atom stereocenters. The highest BCUT2D eigenvalue weighted by molar-refractivity contribution is 5.72. The molecule has 0 bridgehead atoms. The van der Waals surface area contributed by atoms with Crippen LogP contribution in [0.25, 0.3) is 0 Å². The molecule has 0 saturated heterocycles. The fourth-order valence-electron chi connectivity index (χ4n) is 3.79. The molecule has 0 amide bonds. The molecule has 2 aliphatic rings. The van der Waals surface area contributed by atoms with Crippen molar-refractivity contribution in [3.05, 3.63) is 0 Å². The second-order valence-corrected chi connectivity index (χ2v) is 7.00. The first-order valence-corrected chi connectivity index (χ1v) is 8.94. The normalized spacial score (nSPS) is 35.8. The van der Waals surface area contributed by atoms with Gasteiger partial charge in [-0.1, -0.05) is 26.2 Å². The number of carbonyl (C=O) groups is 1. The van der Waals surface area contributed by atoms with E-state index >= 15 is 0 Å². The van der Waals surface area contributed by atoms with Crippen LogP contribution in [0.15, 0.2) is 4.99 Å². The predicted molar refractivity (Wildman–Crippen MR) is 86.9 cm³/mol. The van der Waals surface area contributed by atoms with E-state index in [1.54, 1.807) is 0 Å². The molecular formula is C18H30FNO2. The van der Waals surface area contributed by atoms with E-state index in [0.717, 1.165) is 38.0 Å². The second kappa shape index (κ2) is 8.64. The van der Waals surface area contributed by atoms with Crippen LogP contribution in [0.3, 0.4) is 0 Å². The van der Waals surface area contributed by atoms with Gasteiger partial charge in [0.05, 0.1) is 12.0 Å². The molecule has 2 aliphatic carbocycles. The van der Waals surface area contributed by atoms with Crippen molar-refractivity contribution in [3.8, 4) is 0 Å². The lowest BCUT2D eigenvalue weighted by molar-refractivity contribution is -0.161. The highest BCUT2D eigenvalue weighted by Gasteiger charge is 2.35. The van der Waals surface area contributed by atoms with Crippen LogP contribution >= 0.6 is 0 Å². The average Bonchev–Trinajstić information content (AvgIpc) is 2.55. The maximum atomic E-state index is 14.0. The quantitative estimate of drug-likeness (QED) is 0.535. The average molecular weight is 311 g/mol. The standard InChI is InChI=1S/C18H30FNO2/c1-3-4-5-13-6-8-14(9-7-13)18(21)22-17-11-10-15(20-2)12-16(17)19/h13-17H,2-12H2,1H3. The summed E-state index contributed by atoms with van der Waals surface area (Å²) in [5.74, 6) is 0.582. The Kier molecular flexibility index (Phi) is 6.84. The van der Waals surface area contributed by atoms with Gasteiger partial charge in [0.15, 0.2) is 0 Å². The smallest absolute Gasteiger partial charge is 0.309 e. The van der Waals surface area contributed by atoms with Gasteiger partial charge in [0.1, 0.15) is 12.3 Å². The van der Waals surface area contributed by atoms with Crippen LogP contribution in [-0.4, -0.2) is 31.0 Å². The van der Waals surface area contributed by atoms with E-state index < -0.39 is 12.3 Å². The third kappa shape index (κ3) is 4.79. The number of unbranched alkanes of at least 4 members (excludes halogenated alkanes) is 1. The van der Waals surface area contributed by atoms with E-state index in [-0.39, 0.29) is 17.9 Å². The Balaban J connectivity index is 1.73. The van der Waals surface area contributed by atoms with Gasteiger partial charge in [-0.05, 0) is 51.2 Å². The van der Waals surface area contributed by atoms with Gasteiger partial charge < -0.3 is 4.74 Å². The first-order valence-electron chi connectivity index (χ1n) is 8.94. The van der Waals surface area contributed by atoms with E-state index in [1.165, 1.54) is 19.3 Å². The molecular weight excluding hydrogens is 281 g/mol. The van der Waals surface area contributed by atoms with Crippen LogP contribution in [0.2, 0.25) is 0 Å². The van der Waals surface area contributed by atoms with Gasteiger partial charge in [-0.2, -0.15) is 0 Å². The number of esters is 1. The summed E-state index contributed by atoms with van der Waals surface area (Å²) in [6, 6.07) is -0.0149. The lowest BCUT2D eigenvalue weighted by Crippen LogP contribution is -2.38. The molecule has 4 heteroatoms. The molecule has 0 aromatic carbocycles. The summed E-state index contributed by atoms with van der Waals surface area (Å²) in [7, 11) is 0. The summed E-state index contributed by atoms with van der Waals surface area (Å²) in [6.07, 6.45) is 7.88. The fraction of sp³-hybridized carbons (Fsp3) is 0.889. The third-order valence-electron chi connectivity index (χ3n) is 5.36. The van der Waals surface area contributed by atoms with Crippen molar-refractivity contribution in [2.75, 3.05) is 0 Å². The maximum Gasteiger partial charge on any atom is 0.309 e. The Morgan fingerprint density at radius 1 is 1.23 bits per heavy atom. The summed E-state index contributed by atoms with van der Waals surface area (Å²) >= 11 is 0. The van der Waals surface area contributed by atoms with Crippen LogP contribution in [0.4, 0.5) is 4.39 Å². The van der Waals surface area contributed by atoms with Gasteiger partial charge in [-0.3, -0.25) is 9.79 Å².